The first-order valence-corrected chi connectivity index (χ1v) is 11.1. The highest BCUT2D eigenvalue weighted by Crippen LogP contribution is 2.26. The molecule has 0 unspecified atom stereocenters. The third-order valence-corrected chi connectivity index (χ3v) is 5.82. The van der Waals surface area contributed by atoms with E-state index in [2.05, 4.69) is 15.6 Å². The Morgan fingerprint density at radius 2 is 1.94 bits per heavy atom. The lowest BCUT2D eigenvalue weighted by atomic mass is 10.1. The van der Waals surface area contributed by atoms with Gasteiger partial charge in [0.15, 0.2) is 0 Å². The Hall–Kier alpha value is -3.72. The number of likely N-dealkylation sites (tertiary alicyclic amines) is 1. The first-order chi connectivity index (χ1) is 16.2. The standard InChI is InChI=1S/C24H23ClFN5O3/c1-14-7-8-30(22(32)10-14)17-4-5-19(18(26)11-17)28-23(33)20-9-15(2)13-31(20)24(34)29-21-6-3-16(25)12-27-21/h3-8,10-12,15,20H,9,13H2,1-2H3,(H,28,33)(H,27,29,34)/t15-,20-/m1/s1. The Kier molecular flexibility index (Phi) is 6.65. The summed E-state index contributed by atoms with van der Waals surface area (Å²) in [6.07, 6.45) is 3.41. The molecule has 2 aromatic heterocycles. The van der Waals surface area contributed by atoms with Crippen LogP contribution in [0, 0.1) is 18.7 Å². The summed E-state index contributed by atoms with van der Waals surface area (Å²) in [4.78, 5) is 43.4. The van der Waals surface area contributed by atoms with Gasteiger partial charge >= 0.3 is 6.03 Å². The molecular weight excluding hydrogens is 461 g/mol. The van der Waals surface area contributed by atoms with Crippen molar-refractivity contribution >= 4 is 35.0 Å². The van der Waals surface area contributed by atoms with Crippen molar-refractivity contribution in [3.05, 3.63) is 81.6 Å². The molecule has 34 heavy (non-hydrogen) atoms. The first kappa shape index (κ1) is 23.4. The van der Waals surface area contributed by atoms with Crippen molar-refractivity contribution in [2.75, 3.05) is 17.2 Å². The SMILES string of the molecule is Cc1ccn(-c2ccc(NC(=O)[C@H]3C[C@@H](C)CN3C(=O)Nc3ccc(Cl)cn3)c(F)c2)c(=O)c1. The maximum atomic E-state index is 14.8. The van der Waals surface area contributed by atoms with Crippen molar-refractivity contribution in [1.82, 2.24) is 14.5 Å². The van der Waals surface area contributed by atoms with Crippen LogP contribution in [0.15, 0.2) is 59.7 Å². The van der Waals surface area contributed by atoms with Crippen LogP contribution in [0.25, 0.3) is 5.69 Å². The molecule has 1 aliphatic heterocycles. The highest BCUT2D eigenvalue weighted by molar-refractivity contribution is 6.30. The van der Waals surface area contributed by atoms with Gasteiger partial charge in [-0.3, -0.25) is 19.5 Å². The lowest BCUT2D eigenvalue weighted by Gasteiger charge is -2.24. The van der Waals surface area contributed by atoms with Crippen LogP contribution in [0.3, 0.4) is 0 Å². The molecule has 1 fully saturated rings. The van der Waals surface area contributed by atoms with Gasteiger partial charge in [-0.05, 0) is 55.2 Å². The minimum absolute atomic E-state index is 0.0341. The van der Waals surface area contributed by atoms with Crippen LogP contribution in [0.1, 0.15) is 18.9 Å². The Bertz CT molecular complexity index is 1290. The average Bonchev–Trinajstić information content (AvgIpc) is 3.19. The number of benzene rings is 1. The molecule has 3 aromatic rings. The third-order valence-electron chi connectivity index (χ3n) is 5.60. The molecule has 4 rings (SSSR count). The zero-order valence-corrected chi connectivity index (χ0v) is 19.3. The van der Waals surface area contributed by atoms with Gasteiger partial charge in [0.2, 0.25) is 5.91 Å². The summed E-state index contributed by atoms with van der Waals surface area (Å²) in [6, 6.07) is 9.22. The molecule has 0 radical (unpaired) electrons. The molecule has 176 valence electrons. The van der Waals surface area contributed by atoms with Gasteiger partial charge in [0, 0.05) is 31.1 Å². The smallest absolute Gasteiger partial charge is 0.322 e. The molecule has 1 aromatic carbocycles. The Morgan fingerprint density at radius 3 is 2.62 bits per heavy atom. The summed E-state index contributed by atoms with van der Waals surface area (Å²) < 4.78 is 16.1. The monoisotopic (exact) mass is 483 g/mol. The Labute approximate surface area is 200 Å². The number of anilines is 2. The fourth-order valence-electron chi connectivity index (χ4n) is 3.91. The third kappa shape index (κ3) is 5.09. The molecule has 2 N–H and O–H groups in total. The fraction of sp³-hybridized carbons (Fsp3) is 0.250. The lowest BCUT2D eigenvalue weighted by molar-refractivity contribution is -0.119. The van der Waals surface area contributed by atoms with E-state index in [0.717, 1.165) is 5.56 Å². The van der Waals surface area contributed by atoms with E-state index in [1.165, 1.54) is 33.9 Å². The lowest BCUT2D eigenvalue weighted by Crippen LogP contribution is -2.45. The number of nitrogens with zero attached hydrogens (tertiary/aromatic N) is 3. The highest BCUT2D eigenvalue weighted by atomic mass is 35.5. The summed E-state index contributed by atoms with van der Waals surface area (Å²) in [5, 5.41) is 5.67. The molecule has 1 saturated heterocycles. The molecule has 0 bridgehead atoms. The largest absolute Gasteiger partial charge is 0.323 e. The molecule has 8 nitrogen and oxygen atoms in total. The van der Waals surface area contributed by atoms with Crippen molar-refractivity contribution in [3.8, 4) is 5.69 Å². The van der Waals surface area contributed by atoms with E-state index in [9.17, 15) is 18.8 Å². The van der Waals surface area contributed by atoms with Crippen LogP contribution < -0.4 is 16.2 Å². The van der Waals surface area contributed by atoms with Gasteiger partial charge in [-0.1, -0.05) is 18.5 Å². The molecule has 1 aliphatic rings. The topological polar surface area (TPSA) is 96.3 Å². The van der Waals surface area contributed by atoms with Crippen molar-refractivity contribution in [2.45, 2.75) is 26.3 Å². The highest BCUT2D eigenvalue weighted by Gasteiger charge is 2.38. The van der Waals surface area contributed by atoms with Gasteiger partial charge in [0.05, 0.1) is 16.4 Å². The summed E-state index contributed by atoms with van der Waals surface area (Å²) in [5.41, 5.74) is 0.824. The second-order valence-electron chi connectivity index (χ2n) is 8.37. The number of carbonyl (C=O) groups is 2. The van der Waals surface area contributed by atoms with Gasteiger partial charge in [0.25, 0.3) is 5.56 Å². The van der Waals surface area contributed by atoms with E-state index in [1.54, 1.807) is 37.4 Å². The van der Waals surface area contributed by atoms with Gasteiger partial charge in [-0.2, -0.15) is 0 Å². The van der Waals surface area contributed by atoms with E-state index >= 15 is 0 Å². The molecule has 10 heteroatoms. The van der Waals surface area contributed by atoms with E-state index in [4.69, 9.17) is 11.6 Å². The van der Waals surface area contributed by atoms with Gasteiger partial charge < -0.3 is 10.2 Å². The predicted molar refractivity (Wildman–Crippen MR) is 128 cm³/mol. The first-order valence-electron chi connectivity index (χ1n) is 10.7. The summed E-state index contributed by atoms with van der Waals surface area (Å²) >= 11 is 5.82. The number of urea groups is 1. The molecule has 0 saturated carbocycles. The van der Waals surface area contributed by atoms with Gasteiger partial charge in [-0.25, -0.2) is 14.2 Å². The predicted octanol–water partition coefficient (Wildman–Crippen LogP) is 4.21. The number of nitrogens with one attached hydrogen (secondary N) is 2. The molecule has 3 amide bonds. The van der Waals surface area contributed by atoms with E-state index in [0.29, 0.717) is 29.5 Å². The van der Waals surface area contributed by atoms with Crippen LogP contribution in [0.4, 0.5) is 20.7 Å². The number of aryl methyl sites for hydroxylation is 1. The van der Waals surface area contributed by atoms with E-state index in [1.807, 2.05) is 6.92 Å². The summed E-state index contributed by atoms with van der Waals surface area (Å²) in [6.45, 7) is 4.10. The number of halogens is 2. The number of hydrogen-bond donors (Lipinski definition) is 2. The number of amides is 3. The number of rotatable bonds is 4. The Balaban J connectivity index is 1.48. The molecule has 3 heterocycles. The second-order valence-corrected chi connectivity index (χ2v) is 8.80. The zero-order chi connectivity index (χ0) is 24.4. The number of carbonyl (C=O) groups excluding carboxylic acids is 2. The molecule has 0 spiro atoms. The summed E-state index contributed by atoms with van der Waals surface area (Å²) in [5.74, 6) is -0.796. The van der Waals surface area contributed by atoms with Crippen LogP contribution in [-0.4, -0.2) is 39.0 Å². The van der Waals surface area contributed by atoms with Gasteiger partial charge in [0.1, 0.15) is 17.7 Å². The minimum atomic E-state index is -0.777. The summed E-state index contributed by atoms with van der Waals surface area (Å²) in [7, 11) is 0. The van der Waals surface area contributed by atoms with Gasteiger partial charge in [-0.15, -0.1) is 0 Å². The van der Waals surface area contributed by atoms with Crippen molar-refractivity contribution < 1.29 is 14.0 Å². The van der Waals surface area contributed by atoms with Crippen LogP contribution >= 0.6 is 11.6 Å². The average molecular weight is 484 g/mol. The fourth-order valence-corrected chi connectivity index (χ4v) is 4.02. The minimum Gasteiger partial charge on any atom is -0.322 e. The zero-order valence-electron chi connectivity index (χ0n) is 18.6. The number of hydrogen-bond acceptors (Lipinski definition) is 4. The second kappa shape index (κ2) is 9.64. The normalized spacial score (nSPS) is 17.5. The van der Waals surface area contributed by atoms with Crippen LogP contribution in [-0.2, 0) is 4.79 Å². The maximum absolute atomic E-state index is 14.8. The Morgan fingerprint density at radius 1 is 1.15 bits per heavy atom. The van der Waals surface area contributed by atoms with Crippen molar-refractivity contribution in [1.29, 1.82) is 0 Å². The number of pyridine rings is 2. The molecule has 0 aliphatic carbocycles. The van der Waals surface area contributed by atoms with E-state index in [-0.39, 0.29) is 17.2 Å². The van der Waals surface area contributed by atoms with E-state index < -0.39 is 23.8 Å². The quantitative estimate of drug-likeness (QED) is 0.581. The number of aromatic nitrogens is 2. The van der Waals surface area contributed by atoms with Crippen LogP contribution in [0.5, 0.6) is 0 Å². The molecular formula is C24H23ClFN5O3. The maximum Gasteiger partial charge on any atom is 0.323 e. The van der Waals surface area contributed by atoms with Crippen LogP contribution in [0.2, 0.25) is 5.02 Å². The molecule has 2 atom stereocenters. The van der Waals surface area contributed by atoms with Crippen molar-refractivity contribution in [2.24, 2.45) is 5.92 Å². The van der Waals surface area contributed by atoms with Crippen molar-refractivity contribution in [3.63, 3.8) is 0 Å².